The Morgan fingerprint density at radius 2 is 2.24 bits per heavy atom. The molecule has 0 aliphatic carbocycles. The first-order valence-corrected chi connectivity index (χ1v) is 6.37. The minimum absolute atomic E-state index is 0.107. The molecule has 0 aromatic carbocycles. The van der Waals surface area contributed by atoms with Crippen LogP contribution in [0.15, 0.2) is 0 Å². The van der Waals surface area contributed by atoms with E-state index in [9.17, 15) is 9.59 Å². The van der Waals surface area contributed by atoms with E-state index in [4.69, 9.17) is 4.74 Å². The number of ether oxygens (including phenoxy) is 1. The number of esters is 1. The number of unbranched alkanes of at least 4 members (excludes halogenated alkanes) is 2. The fourth-order valence-corrected chi connectivity index (χ4v) is 1.90. The third-order valence-corrected chi connectivity index (χ3v) is 2.78. The minimum Gasteiger partial charge on any atom is -0.466 e. The Kier molecular flexibility index (Phi) is 6.62. The maximum absolute atomic E-state index is 11.1. The molecule has 0 aromatic heterocycles. The summed E-state index contributed by atoms with van der Waals surface area (Å²) in [5.74, 6) is 0.00706. The summed E-state index contributed by atoms with van der Waals surface area (Å²) in [4.78, 5) is 24.3. The molecule has 0 bridgehead atoms. The number of piperazine rings is 1. The highest BCUT2D eigenvalue weighted by Crippen LogP contribution is 2.04. The van der Waals surface area contributed by atoms with Crippen molar-refractivity contribution in [3.63, 3.8) is 0 Å². The highest BCUT2D eigenvalue weighted by Gasteiger charge is 2.14. The molecule has 1 saturated heterocycles. The van der Waals surface area contributed by atoms with Crippen molar-refractivity contribution < 1.29 is 14.3 Å². The van der Waals surface area contributed by atoms with Crippen LogP contribution >= 0.6 is 0 Å². The topological polar surface area (TPSA) is 58.6 Å². The van der Waals surface area contributed by atoms with Crippen molar-refractivity contribution in [2.75, 3.05) is 32.8 Å². The Hall–Kier alpha value is -1.10. The third-order valence-electron chi connectivity index (χ3n) is 2.78. The molecule has 1 aliphatic rings. The van der Waals surface area contributed by atoms with Crippen LogP contribution in [0, 0.1) is 0 Å². The van der Waals surface area contributed by atoms with Crippen molar-refractivity contribution >= 4 is 11.9 Å². The first kappa shape index (κ1) is 14.0. The highest BCUT2D eigenvalue weighted by molar-refractivity contribution is 5.78. The lowest BCUT2D eigenvalue weighted by molar-refractivity contribution is -0.143. The van der Waals surface area contributed by atoms with Crippen LogP contribution < -0.4 is 5.32 Å². The Bertz CT molecular complexity index is 256. The van der Waals surface area contributed by atoms with Crippen LogP contribution in [0.4, 0.5) is 0 Å². The summed E-state index contributed by atoms with van der Waals surface area (Å²) < 4.78 is 4.85. The highest BCUT2D eigenvalue weighted by atomic mass is 16.5. The Morgan fingerprint density at radius 1 is 1.41 bits per heavy atom. The van der Waals surface area contributed by atoms with Gasteiger partial charge in [0.2, 0.25) is 5.91 Å². The second-order valence-electron chi connectivity index (χ2n) is 4.24. The monoisotopic (exact) mass is 242 g/mol. The molecule has 5 heteroatoms. The van der Waals surface area contributed by atoms with Gasteiger partial charge in [-0.3, -0.25) is 14.5 Å². The van der Waals surface area contributed by atoms with Crippen LogP contribution in [0.1, 0.15) is 32.6 Å². The van der Waals surface area contributed by atoms with Gasteiger partial charge in [-0.2, -0.15) is 0 Å². The van der Waals surface area contributed by atoms with E-state index in [0.29, 0.717) is 19.6 Å². The van der Waals surface area contributed by atoms with Gasteiger partial charge in [0.05, 0.1) is 13.2 Å². The van der Waals surface area contributed by atoms with Crippen molar-refractivity contribution in [3.05, 3.63) is 0 Å². The number of nitrogens with one attached hydrogen (secondary N) is 1. The summed E-state index contributed by atoms with van der Waals surface area (Å²) in [6.07, 6.45) is 3.43. The van der Waals surface area contributed by atoms with Gasteiger partial charge in [-0.15, -0.1) is 0 Å². The summed E-state index contributed by atoms with van der Waals surface area (Å²) in [7, 11) is 0. The zero-order valence-corrected chi connectivity index (χ0v) is 10.5. The van der Waals surface area contributed by atoms with Crippen LogP contribution in [-0.2, 0) is 14.3 Å². The first-order chi connectivity index (χ1) is 8.22. The molecule has 1 rings (SSSR count). The Labute approximate surface area is 102 Å². The molecular formula is C12H22N2O3. The van der Waals surface area contributed by atoms with Crippen LogP contribution in [0.3, 0.4) is 0 Å². The molecular weight excluding hydrogens is 220 g/mol. The molecule has 0 spiro atoms. The van der Waals surface area contributed by atoms with E-state index in [1.165, 1.54) is 0 Å². The second kappa shape index (κ2) is 8.06. The summed E-state index contributed by atoms with van der Waals surface area (Å²) in [6, 6.07) is 0. The van der Waals surface area contributed by atoms with Gasteiger partial charge >= 0.3 is 5.97 Å². The zero-order chi connectivity index (χ0) is 12.5. The minimum atomic E-state index is -0.107. The standard InChI is InChI=1S/C12H22N2O3/c1-2-17-12(16)6-4-3-5-8-14-9-7-13-11(15)10-14/h2-10H2,1H3,(H,13,15). The number of hydrogen-bond acceptors (Lipinski definition) is 4. The summed E-state index contributed by atoms with van der Waals surface area (Å²) in [6.45, 7) is 5.42. The third kappa shape index (κ3) is 6.26. The Balaban J connectivity index is 1.96. The van der Waals surface area contributed by atoms with E-state index < -0.39 is 0 Å². The molecule has 1 amide bonds. The lowest BCUT2D eigenvalue weighted by atomic mass is 10.2. The van der Waals surface area contributed by atoms with Crippen molar-refractivity contribution in [2.24, 2.45) is 0 Å². The summed E-state index contributed by atoms with van der Waals surface area (Å²) in [5.41, 5.74) is 0. The normalized spacial score (nSPS) is 16.6. The van der Waals surface area contributed by atoms with E-state index in [-0.39, 0.29) is 11.9 Å². The summed E-state index contributed by atoms with van der Waals surface area (Å²) >= 11 is 0. The number of carbonyl (C=O) groups excluding carboxylic acids is 2. The number of carbonyl (C=O) groups is 2. The molecule has 1 fully saturated rings. The molecule has 0 aromatic rings. The van der Waals surface area contributed by atoms with Crippen LogP contribution in [0.5, 0.6) is 0 Å². The predicted octanol–water partition coefficient (Wildman–Crippen LogP) is 0.542. The van der Waals surface area contributed by atoms with Gasteiger partial charge in [-0.05, 0) is 26.3 Å². The van der Waals surface area contributed by atoms with E-state index in [2.05, 4.69) is 10.2 Å². The quantitative estimate of drug-likeness (QED) is 0.523. The van der Waals surface area contributed by atoms with Crippen LogP contribution in [0.2, 0.25) is 0 Å². The van der Waals surface area contributed by atoms with Gasteiger partial charge in [0, 0.05) is 19.5 Å². The lowest BCUT2D eigenvalue weighted by Crippen LogP contribution is -2.47. The predicted molar refractivity (Wildman–Crippen MR) is 64.6 cm³/mol. The molecule has 0 saturated carbocycles. The smallest absolute Gasteiger partial charge is 0.305 e. The molecule has 1 aliphatic heterocycles. The van der Waals surface area contributed by atoms with Gasteiger partial charge in [-0.1, -0.05) is 6.42 Å². The van der Waals surface area contributed by atoms with Gasteiger partial charge in [0.25, 0.3) is 0 Å². The van der Waals surface area contributed by atoms with E-state index in [1.54, 1.807) is 0 Å². The molecule has 0 atom stereocenters. The maximum atomic E-state index is 11.1. The molecule has 98 valence electrons. The molecule has 1 N–H and O–H groups in total. The summed E-state index contributed by atoms with van der Waals surface area (Å²) in [5, 5.41) is 2.80. The number of rotatable bonds is 7. The Morgan fingerprint density at radius 3 is 2.94 bits per heavy atom. The zero-order valence-electron chi connectivity index (χ0n) is 10.5. The number of amides is 1. The van der Waals surface area contributed by atoms with Crippen molar-refractivity contribution in [3.8, 4) is 0 Å². The van der Waals surface area contributed by atoms with Gasteiger partial charge in [-0.25, -0.2) is 0 Å². The SMILES string of the molecule is CCOC(=O)CCCCCN1CCNC(=O)C1. The number of nitrogens with zero attached hydrogens (tertiary/aromatic N) is 1. The van der Waals surface area contributed by atoms with E-state index in [1.807, 2.05) is 6.92 Å². The average Bonchev–Trinajstić information content (AvgIpc) is 2.29. The van der Waals surface area contributed by atoms with Gasteiger partial charge in [0.1, 0.15) is 0 Å². The molecule has 0 unspecified atom stereocenters. The largest absolute Gasteiger partial charge is 0.466 e. The van der Waals surface area contributed by atoms with Crippen molar-refractivity contribution in [1.29, 1.82) is 0 Å². The molecule has 17 heavy (non-hydrogen) atoms. The first-order valence-electron chi connectivity index (χ1n) is 6.37. The van der Waals surface area contributed by atoms with E-state index >= 15 is 0 Å². The van der Waals surface area contributed by atoms with Gasteiger partial charge < -0.3 is 10.1 Å². The lowest BCUT2D eigenvalue weighted by Gasteiger charge is -2.26. The average molecular weight is 242 g/mol. The fourth-order valence-electron chi connectivity index (χ4n) is 1.90. The van der Waals surface area contributed by atoms with Crippen LogP contribution in [0.25, 0.3) is 0 Å². The second-order valence-corrected chi connectivity index (χ2v) is 4.24. The number of hydrogen-bond donors (Lipinski definition) is 1. The fraction of sp³-hybridized carbons (Fsp3) is 0.833. The van der Waals surface area contributed by atoms with Crippen molar-refractivity contribution in [1.82, 2.24) is 10.2 Å². The molecule has 0 radical (unpaired) electrons. The molecule has 5 nitrogen and oxygen atoms in total. The van der Waals surface area contributed by atoms with Gasteiger partial charge in [0.15, 0.2) is 0 Å². The van der Waals surface area contributed by atoms with Crippen LogP contribution in [-0.4, -0.2) is 49.6 Å². The molecule has 1 heterocycles. The van der Waals surface area contributed by atoms with E-state index in [0.717, 1.165) is 38.9 Å². The van der Waals surface area contributed by atoms with Crippen molar-refractivity contribution in [2.45, 2.75) is 32.6 Å². The maximum Gasteiger partial charge on any atom is 0.305 e.